The van der Waals surface area contributed by atoms with Gasteiger partial charge in [-0.3, -0.25) is 14.5 Å². The van der Waals surface area contributed by atoms with Gasteiger partial charge in [0.2, 0.25) is 11.9 Å². The van der Waals surface area contributed by atoms with Gasteiger partial charge in [0.25, 0.3) is 0 Å². The number of piperidine rings is 1. The molecule has 2 aromatic carbocycles. The third kappa shape index (κ3) is 8.24. The van der Waals surface area contributed by atoms with Gasteiger partial charge in [-0.05, 0) is 117 Å². The Hall–Kier alpha value is -3.99. The van der Waals surface area contributed by atoms with Gasteiger partial charge in [-0.15, -0.1) is 10.2 Å². The number of pyridine rings is 1. The fourth-order valence-electron chi connectivity index (χ4n) is 7.77. The maximum Gasteiger partial charge on any atom is 0.243 e. The van der Waals surface area contributed by atoms with Crippen LogP contribution in [-0.2, 0) is 21.6 Å². The van der Waals surface area contributed by atoms with Gasteiger partial charge in [-0.1, -0.05) is 51.1 Å². The van der Waals surface area contributed by atoms with Gasteiger partial charge >= 0.3 is 0 Å². The highest BCUT2D eigenvalue weighted by atomic mass is 16.5. The molecule has 2 aromatic heterocycles. The highest BCUT2D eigenvalue weighted by Gasteiger charge is 2.44. The molecule has 5 atom stereocenters. The fourth-order valence-corrected chi connectivity index (χ4v) is 7.77. The van der Waals surface area contributed by atoms with E-state index in [-0.39, 0.29) is 29.5 Å². The molecule has 2 saturated heterocycles. The number of amides is 1. The number of hydrogen-bond acceptors (Lipinski definition) is 8. The molecule has 2 unspecified atom stereocenters. The number of fused-ring (bicyclic) bond motifs is 2. The van der Waals surface area contributed by atoms with E-state index >= 15 is 0 Å². The van der Waals surface area contributed by atoms with E-state index in [4.69, 9.17) is 9.47 Å². The molecule has 4 aromatic rings. The molecule has 7 rings (SSSR count). The molecule has 0 bridgehead atoms. The summed E-state index contributed by atoms with van der Waals surface area (Å²) in [5.74, 6) is 2.11. The molecule has 0 spiro atoms. The Kier molecular flexibility index (Phi) is 10.4. The van der Waals surface area contributed by atoms with E-state index < -0.39 is 0 Å². The monoisotopic (exact) mass is 693 g/mol. The molecule has 10 heteroatoms. The minimum absolute atomic E-state index is 0.0264. The largest absolute Gasteiger partial charge is 0.484 e. The summed E-state index contributed by atoms with van der Waals surface area (Å²) < 4.78 is 14.8. The third-order valence-corrected chi connectivity index (χ3v) is 10.8. The first-order valence-corrected chi connectivity index (χ1v) is 18.8. The molecule has 10 nitrogen and oxygen atoms in total. The predicted octanol–water partition coefficient (Wildman–Crippen LogP) is 6.85. The molecule has 3 aliphatic rings. The number of carbonyl (C=O) groups excluding carboxylic acids is 1. The molecule has 272 valence electrons. The lowest BCUT2D eigenvalue weighted by molar-refractivity contribution is -0.115. The number of carbonyl (C=O) groups is 1. The smallest absolute Gasteiger partial charge is 0.243 e. The maximum atomic E-state index is 13.5. The molecule has 2 N–H and O–H groups in total. The normalized spacial score (nSPS) is 23.4. The van der Waals surface area contributed by atoms with Crippen LogP contribution in [0, 0.1) is 0 Å². The van der Waals surface area contributed by atoms with Crippen LogP contribution in [-0.4, -0.2) is 77.3 Å². The Balaban J connectivity index is 0.991. The van der Waals surface area contributed by atoms with Crippen LogP contribution < -0.4 is 20.3 Å². The first-order valence-electron chi connectivity index (χ1n) is 18.8. The Morgan fingerprint density at radius 3 is 2.63 bits per heavy atom. The van der Waals surface area contributed by atoms with Crippen molar-refractivity contribution in [2.24, 2.45) is 0 Å². The topological polar surface area (TPSA) is 106 Å². The number of aromatic nitrogens is 3. The first-order chi connectivity index (χ1) is 24.5. The second-order valence-corrected chi connectivity index (χ2v) is 16.1. The molecule has 1 aliphatic carbocycles. The van der Waals surface area contributed by atoms with Crippen LogP contribution in [0.15, 0.2) is 60.8 Å². The standard InChI is InChI=1S/C41H55N7O3/c1-27-11-9-10-18-47(27)40-45-44-37-17-15-32(25-48(37)40)51-36-16-14-29(33-12-7-8-13-34(33)36)23-35-38(43-35)39(49)42-31-22-28(26-50-20-19-46(5)6)21-30(24-31)41(2,3)4/h7-8,12-13,15,17,21-22,24-25,27,29,35-36,38,43H,9-11,14,16,18-20,23,26H2,1-6H3,(H,42,49)/t27-,29+,35?,36+,38?/m0/s1. The van der Waals surface area contributed by atoms with Crippen molar-refractivity contribution in [3.63, 3.8) is 0 Å². The number of anilines is 2. The Bertz CT molecular complexity index is 1830. The van der Waals surface area contributed by atoms with Crippen molar-refractivity contribution in [3.8, 4) is 5.75 Å². The number of rotatable bonds is 12. The van der Waals surface area contributed by atoms with E-state index in [1.165, 1.54) is 36.0 Å². The van der Waals surface area contributed by atoms with Crippen molar-refractivity contribution in [1.82, 2.24) is 24.8 Å². The quantitative estimate of drug-likeness (QED) is 0.123. The van der Waals surface area contributed by atoms with Gasteiger partial charge < -0.3 is 24.6 Å². The Labute approximate surface area is 302 Å². The van der Waals surface area contributed by atoms with Crippen LogP contribution in [0.4, 0.5) is 11.6 Å². The van der Waals surface area contributed by atoms with Gasteiger partial charge in [-0.2, -0.15) is 0 Å². The molecule has 2 fully saturated rings. The fraction of sp³-hybridized carbons (Fsp3) is 0.537. The molecular formula is C41H55N7O3. The lowest BCUT2D eigenvalue weighted by Gasteiger charge is -2.33. The second-order valence-electron chi connectivity index (χ2n) is 16.1. The predicted molar refractivity (Wildman–Crippen MR) is 203 cm³/mol. The minimum Gasteiger partial charge on any atom is -0.484 e. The summed E-state index contributed by atoms with van der Waals surface area (Å²) in [6.45, 7) is 11.9. The summed E-state index contributed by atoms with van der Waals surface area (Å²) >= 11 is 0. The van der Waals surface area contributed by atoms with Crippen LogP contribution in [0.5, 0.6) is 5.75 Å². The average Bonchev–Trinajstić information content (AvgIpc) is 3.76. The van der Waals surface area contributed by atoms with Crippen molar-refractivity contribution in [3.05, 3.63) is 83.0 Å². The number of benzene rings is 2. The summed E-state index contributed by atoms with van der Waals surface area (Å²) in [6, 6.07) is 19.4. The molecule has 4 heterocycles. The summed E-state index contributed by atoms with van der Waals surface area (Å²) in [5, 5.41) is 15.7. The molecule has 0 saturated carbocycles. The zero-order chi connectivity index (χ0) is 35.7. The van der Waals surface area contributed by atoms with Crippen LogP contribution in [0.2, 0.25) is 0 Å². The van der Waals surface area contributed by atoms with Gasteiger partial charge in [0, 0.05) is 30.9 Å². The number of hydrogen-bond donors (Lipinski definition) is 2. The molecule has 2 aliphatic heterocycles. The number of nitrogens with one attached hydrogen (secondary N) is 2. The second kappa shape index (κ2) is 14.9. The van der Waals surface area contributed by atoms with E-state index in [1.54, 1.807) is 0 Å². The van der Waals surface area contributed by atoms with Crippen molar-refractivity contribution in [1.29, 1.82) is 0 Å². The van der Waals surface area contributed by atoms with Gasteiger partial charge in [0.05, 0.1) is 19.4 Å². The molecular weight excluding hydrogens is 638 g/mol. The van der Waals surface area contributed by atoms with E-state index in [1.807, 2.05) is 32.3 Å². The van der Waals surface area contributed by atoms with Crippen LogP contribution in [0.3, 0.4) is 0 Å². The third-order valence-electron chi connectivity index (χ3n) is 10.8. The van der Waals surface area contributed by atoms with Gasteiger partial charge in [0.1, 0.15) is 17.9 Å². The molecule has 1 amide bonds. The highest BCUT2D eigenvalue weighted by Crippen LogP contribution is 2.43. The highest BCUT2D eigenvalue weighted by molar-refractivity contribution is 5.97. The average molecular weight is 694 g/mol. The van der Waals surface area contributed by atoms with Crippen molar-refractivity contribution in [2.75, 3.05) is 44.0 Å². The van der Waals surface area contributed by atoms with E-state index in [0.717, 1.165) is 60.9 Å². The van der Waals surface area contributed by atoms with Crippen LogP contribution in [0.25, 0.3) is 5.65 Å². The lowest BCUT2D eigenvalue weighted by Crippen LogP contribution is -2.38. The van der Waals surface area contributed by atoms with E-state index in [9.17, 15) is 4.79 Å². The number of likely N-dealkylation sites (N-methyl/N-ethyl adjacent to an activating group) is 1. The summed E-state index contributed by atoms with van der Waals surface area (Å²) in [7, 11) is 4.09. The minimum atomic E-state index is -0.198. The van der Waals surface area contributed by atoms with E-state index in [2.05, 4.69) is 105 Å². The van der Waals surface area contributed by atoms with Crippen molar-refractivity contribution in [2.45, 2.75) is 108 Å². The molecule has 51 heavy (non-hydrogen) atoms. The summed E-state index contributed by atoms with van der Waals surface area (Å²) in [4.78, 5) is 18.0. The lowest BCUT2D eigenvalue weighted by atomic mass is 9.78. The van der Waals surface area contributed by atoms with E-state index in [0.29, 0.717) is 25.2 Å². The van der Waals surface area contributed by atoms with Gasteiger partial charge in [-0.25, -0.2) is 0 Å². The SMILES string of the molecule is C[C@H]1CCCCN1c1nnc2ccc(O[C@@H]3CC[C@H](CC4NC4C(=O)Nc4cc(COCCN(C)C)cc(C(C)(C)C)c4)c4ccccc43)cn12. The maximum absolute atomic E-state index is 13.5. The summed E-state index contributed by atoms with van der Waals surface area (Å²) in [6.07, 6.45) is 8.46. The van der Waals surface area contributed by atoms with Gasteiger partial charge in [0.15, 0.2) is 5.65 Å². The zero-order valence-corrected chi connectivity index (χ0v) is 31.2. The number of nitrogens with zero attached hydrogens (tertiary/aromatic N) is 5. The van der Waals surface area contributed by atoms with Crippen molar-refractivity contribution < 1.29 is 14.3 Å². The van der Waals surface area contributed by atoms with Crippen LogP contribution in [0.1, 0.15) is 100 Å². The molecule has 0 radical (unpaired) electrons. The first kappa shape index (κ1) is 35.4. The van der Waals surface area contributed by atoms with Crippen LogP contribution >= 0.6 is 0 Å². The Morgan fingerprint density at radius 1 is 1.02 bits per heavy atom. The zero-order valence-electron chi connectivity index (χ0n) is 31.2. The number of ether oxygens (including phenoxy) is 2. The Morgan fingerprint density at radius 2 is 1.84 bits per heavy atom. The summed E-state index contributed by atoms with van der Waals surface area (Å²) in [5.41, 5.74) is 6.44. The van der Waals surface area contributed by atoms with Crippen molar-refractivity contribution >= 4 is 23.2 Å².